The normalized spacial score (nSPS) is 10.5. The van der Waals surface area contributed by atoms with Gasteiger partial charge in [0.2, 0.25) is 5.91 Å². The van der Waals surface area contributed by atoms with Crippen LogP contribution in [-0.2, 0) is 4.79 Å². The van der Waals surface area contributed by atoms with Crippen molar-refractivity contribution in [3.63, 3.8) is 0 Å². The number of carbonyl (C=O) groups excluding carboxylic acids is 2. The fourth-order valence-corrected chi connectivity index (χ4v) is 3.37. The van der Waals surface area contributed by atoms with Gasteiger partial charge in [0.05, 0.1) is 11.4 Å². The summed E-state index contributed by atoms with van der Waals surface area (Å²) in [7, 11) is 0. The van der Waals surface area contributed by atoms with E-state index in [0.29, 0.717) is 28.0 Å². The van der Waals surface area contributed by atoms with E-state index in [-0.39, 0.29) is 17.6 Å². The molecule has 2 aromatic carbocycles. The lowest BCUT2D eigenvalue weighted by Crippen LogP contribution is -2.23. The highest BCUT2D eigenvalue weighted by molar-refractivity contribution is 7.99. The molecule has 9 heteroatoms. The number of hydrogen-bond acceptors (Lipinski definition) is 5. The highest BCUT2D eigenvalue weighted by Crippen LogP contribution is 2.22. The molecule has 2 amide bonds. The molecule has 0 fully saturated rings. The Morgan fingerprint density at radius 3 is 2.79 bits per heavy atom. The molecule has 0 aliphatic heterocycles. The van der Waals surface area contributed by atoms with Crippen LogP contribution in [0.1, 0.15) is 17.3 Å². The van der Waals surface area contributed by atoms with E-state index in [1.807, 2.05) is 19.1 Å². The topological polar surface area (TPSA) is 88.9 Å². The zero-order valence-electron chi connectivity index (χ0n) is 15.1. The molecule has 0 aliphatic carbocycles. The zero-order chi connectivity index (χ0) is 19.9. The van der Waals surface area contributed by atoms with E-state index in [1.54, 1.807) is 47.3 Å². The first-order chi connectivity index (χ1) is 13.6. The molecule has 144 valence electrons. The summed E-state index contributed by atoms with van der Waals surface area (Å²) in [6, 6.07) is 14.1. The summed E-state index contributed by atoms with van der Waals surface area (Å²) < 4.78 is 1.76. The van der Waals surface area contributed by atoms with Crippen molar-refractivity contribution >= 4 is 40.9 Å². The van der Waals surface area contributed by atoms with Crippen molar-refractivity contribution < 1.29 is 9.59 Å². The Labute approximate surface area is 171 Å². The fourth-order valence-electron chi connectivity index (χ4n) is 2.45. The molecule has 0 atom stereocenters. The third-order valence-corrected chi connectivity index (χ3v) is 4.86. The van der Waals surface area contributed by atoms with Gasteiger partial charge in [-0.25, -0.2) is 0 Å². The molecular formula is C19H18ClN5O2S. The predicted molar refractivity (Wildman–Crippen MR) is 110 cm³/mol. The van der Waals surface area contributed by atoms with Crippen LogP contribution in [0.25, 0.3) is 5.69 Å². The van der Waals surface area contributed by atoms with Gasteiger partial charge < -0.3 is 10.6 Å². The lowest BCUT2D eigenvalue weighted by atomic mass is 10.2. The van der Waals surface area contributed by atoms with Crippen LogP contribution < -0.4 is 10.6 Å². The Morgan fingerprint density at radius 2 is 2.00 bits per heavy atom. The number of nitrogens with zero attached hydrogens (tertiary/aromatic N) is 3. The van der Waals surface area contributed by atoms with Crippen LogP contribution in [0.5, 0.6) is 0 Å². The average molecular weight is 416 g/mol. The second kappa shape index (κ2) is 9.38. The van der Waals surface area contributed by atoms with Crippen molar-refractivity contribution in [3.8, 4) is 5.69 Å². The van der Waals surface area contributed by atoms with Crippen molar-refractivity contribution in [1.29, 1.82) is 0 Å². The maximum absolute atomic E-state index is 12.3. The van der Waals surface area contributed by atoms with E-state index < -0.39 is 0 Å². The summed E-state index contributed by atoms with van der Waals surface area (Å²) >= 11 is 7.29. The van der Waals surface area contributed by atoms with Crippen molar-refractivity contribution in [2.45, 2.75) is 12.1 Å². The molecule has 0 unspecified atom stereocenters. The summed E-state index contributed by atoms with van der Waals surface area (Å²) in [5.41, 5.74) is 1.87. The van der Waals surface area contributed by atoms with Crippen molar-refractivity contribution in [1.82, 2.24) is 20.1 Å². The molecule has 2 N–H and O–H groups in total. The van der Waals surface area contributed by atoms with Crippen molar-refractivity contribution in [2.24, 2.45) is 0 Å². The summed E-state index contributed by atoms with van der Waals surface area (Å²) in [5.74, 6) is -0.244. The zero-order valence-corrected chi connectivity index (χ0v) is 16.6. The van der Waals surface area contributed by atoms with Gasteiger partial charge in [-0.2, -0.15) is 0 Å². The number of aromatic nitrogens is 3. The van der Waals surface area contributed by atoms with Gasteiger partial charge in [0, 0.05) is 22.8 Å². The van der Waals surface area contributed by atoms with Gasteiger partial charge in [0.25, 0.3) is 5.91 Å². The van der Waals surface area contributed by atoms with Crippen molar-refractivity contribution in [2.75, 3.05) is 17.6 Å². The summed E-state index contributed by atoms with van der Waals surface area (Å²) in [5, 5.41) is 14.7. The number of anilines is 1. The third kappa shape index (κ3) is 5.11. The molecule has 7 nitrogen and oxygen atoms in total. The van der Waals surface area contributed by atoms with Gasteiger partial charge in [0.1, 0.15) is 6.33 Å². The molecule has 0 saturated carbocycles. The molecular weight excluding hydrogens is 398 g/mol. The number of halogens is 1. The molecule has 0 spiro atoms. The summed E-state index contributed by atoms with van der Waals surface area (Å²) in [4.78, 5) is 24.2. The summed E-state index contributed by atoms with van der Waals surface area (Å²) in [6.45, 7) is 2.39. The first kappa shape index (κ1) is 19.9. The van der Waals surface area contributed by atoms with E-state index in [4.69, 9.17) is 11.6 Å². The monoisotopic (exact) mass is 415 g/mol. The molecule has 1 aromatic heterocycles. The van der Waals surface area contributed by atoms with Crippen LogP contribution in [0.4, 0.5) is 5.69 Å². The second-order valence-electron chi connectivity index (χ2n) is 5.74. The molecule has 0 saturated heterocycles. The average Bonchev–Trinajstić information content (AvgIpc) is 3.15. The maximum atomic E-state index is 12.3. The van der Waals surface area contributed by atoms with E-state index in [2.05, 4.69) is 20.8 Å². The van der Waals surface area contributed by atoms with Crippen LogP contribution in [0.15, 0.2) is 60.0 Å². The van der Waals surface area contributed by atoms with Gasteiger partial charge in [-0.1, -0.05) is 35.5 Å². The van der Waals surface area contributed by atoms with Crippen LogP contribution in [-0.4, -0.2) is 38.9 Å². The van der Waals surface area contributed by atoms with Gasteiger partial charge in [-0.3, -0.25) is 14.2 Å². The molecule has 1 heterocycles. The minimum absolute atomic E-state index is 0.143. The Morgan fingerprint density at radius 1 is 1.18 bits per heavy atom. The molecule has 0 bridgehead atoms. The first-order valence-electron chi connectivity index (χ1n) is 8.53. The van der Waals surface area contributed by atoms with E-state index in [0.717, 1.165) is 5.69 Å². The highest BCUT2D eigenvalue weighted by atomic mass is 35.5. The van der Waals surface area contributed by atoms with Gasteiger partial charge in [-0.05, 0) is 43.3 Å². The Balaban J connectivity index is 1.62. The predicted octanol–water partition coefficient (Wildman–Crippen LogP) is 3.40. The molecule has 0 radical (unpaired) electrons. The van der Waals surface area contributed by atoms with Gasteiger partial charge in [0.15, 0.2) is 5.16 Å². The van der Waals surface area contributed by atoms with E-state index >= 15 is 0 Å². The third-order valence-electron chi connectivity index (χ3n) is 3.68. The van der Waals surface area contributed by atoms with Crippen LogP contribution in [0.2, 0.25) is 5.02 Å². The van der Waals surface area contributed by atoms with Crippen molar-refractivity contribution in [3.05, 3.63) is 65.4 Å². The van der Waals surface area contributed by atoms with Crippen LogP contribution in [0.3, 0.4) is 0 Å². The first-order valence-corrected chi connectivity index (χ1v) is 9.90. The minimum Gasteiger partial charge on any atom is -0.352 e. The molecule has 3 aromatic rings. The number of benzene rings is 2. The lowest BCUT2D eigenvalue weighted by molar-refractivity contribution is -0.113. The smallest absolute Gasteiger partial charge is 0.251 e. The standard InChI is InChI=1S/C19H18ClN5O2S/c1-2-21-18(27)13-5-3-7-15(9-13)23-17(26)11-28-19-24-22-12-25(19)16-8-4-6-14(20)10-16/h3-10,12H,2,11H2,1H3,(H,21,27)(H,23,26). The maximum Gasteiger partial charge on any atom is 0.251 e. The Kier molecular flexibility index (Phi) is 6.67. The Bertz CT molecular complexity index is 992. The number of nitrogens with one attached hydrogen (secondary N) is 2. The van der Waals surface area contributed by atoms with Crippen LogP contribution in [0, 0.1) is 0 Å². The minimum atomic E-state index is -0.210. The fraction of sp³-hybridized carbons (Fsp3) is 0.158. The quantitative estimate of drug-likeness (QED) is 0.577. The number of rotatable bonds is 7. The molecule has 28 heavy (non-hydrogen) atoms. The number of thioether (sulfide) groups is 1. The lowest BCUT2D eigenvalue weighted by Gasteiger charge is -2.08. The van der Waals surface area contributed by atoms with Gasteiger partial charge >= 0.3 is 0 Å². The van der Waals surface area contributed by atoms with E-state index in [9.17, 15) is 9.59 Å². The van der Waals surface area contributed by atoms with Gasteiger partial charge in [-0.15, -0.1) is 10.2 Å². The highest BCUT2D eigenvalue weighted by Gasteiger charge is 2.12. The summed E-state index contributed by atoms with van der Waals surface area (Å²) in [6.07, 6.45) is 1.57. The van der Waals surface area contributed by atoms with E-state index in [1.165, 1.54) is 11.8 Å². The second-order valence-corrected chi connectivity index (χ2v) is 7.12. The molecule has 0 aliphatic rings. The largest absolute Gasteiger partial charge is 0.352 e. The number of hydrogen-bond donors (Lipinski definition) is 2. The Hall–Kier alpha value is -2.84. The SMILES string of the molecule is CCNC(=O)c1cccc(NC(=O)CSc2nncn2-c2cccc(Cl)c2)c1. The van der Waals surface area contributed by atoms with Crippen LogP contribution >= 0.6 is 23.4 Å². The molecule has 3 rings (SSSR count). The number of carbonyl (C=O) groups is 2. The number of amides is 2.